The van der Waals surface area contributed by atoms with Crippen LogP contribution >= 0.6 is 0 Å². The summed E-state index contributed by atoms with van der Waals surface area (Å²) in [6.07, 6.45) is 5.01. The quantitative estimate of drug-likeness (QED) is 0.736. The van der Waals surface area contributed by atoms with Gasteiger partial charge in [-0.1, -0.05) is 42.5 Å². The number of aromatic nitrogens is 1. The topological polar surface area (TPSA) is 42.0 Å². The van der Waals surface area contributed by atoms with Gasteiger partial charge in [0.15, 0.2) is 0 Å². The molecule has 0 aliphatic rings. The normalized spacial score (nSPS) is 10.9. The number of hydrogen-bond donors (Lipinski definition) is 1. The summed E-state index contributed by atoms with van der Waals surface area (Å²) in [4.78, 5) is 16.1. The molecule has 3 nitrogen and oxygen atoms in total. The summed E-state index contributed by atoms with van der Waals surface area (Å²) in [5.74, 6) is -0.170. The van der Waals surface area contributed by atoms with Gasteiger partial charge in [0.05, 0.1) is 5.69 Å². The minimum absolute atomic E-state index is 0.170. The molecule has 3 rings (SSSR count). The van der Waals surface area contributed by atoms with E-state index in [-0.39, 0.29) is 5.91 Å². The molecule has 1 aromatic heterocycles. The smallest absolute Gasteiger partial charge is 0.248 e. The van der Waals surface area contributed by atoms with E-state index in [4.69, 9.17) is 0 Å². The fraction of sp³-hybridized carbons (Fsp3) is 0. The fourth-order valence-corrected chi connectivity index (χ4v) is 2.06. The van der Waals surface area contributed by atoms with E-state index in [9.17, 15) is 4.79 Å². The van der Waals surface area contributed by atoms with Gasteiger partial charge in [-0.05, 0) is 29.7 Å². The first-order chi connectivity index (χ1) is 10.3. The van der Waals surface area contributed by atoms with Gasteiger partial charge in [0.25, 0.3) is 0 Å². The van der Waals surface area contributed by atoms with E-state index in [2.05, 4.69) is 10.3 Å². The lowest BCUT2D eigenvalue weighted by molar-refractivity contribution is -0.111. The molecule has 1 N–H and O–H groups in total. The Morgan fingerprint density at radius 3 is 2.48 bits per heavy atom. The third kappa shape index (κ3) is 3.34. The second-order valence-electron chi connectivity index (χ2n) is 4.64. The zero-order chi connectivity index (χ0) is 14.5. The van der Waals surface area contributed by atoms with Crippen molar-refractivity contribution in [2.45, 2.75) is 0 Å². The number of amides is 1. The van der Waals surface area contributed by atoms with E-state index in [0.29, 0.717) is 0 Å². The summed E-state index contributed by atoms with van der Waals surface area (Å²) >= 11 is 0. The number of nitrogens with one attached hydrogen (secondary N) is 1. The van der Waals surface area contributed by atoms with Gasteiger partial charge in [-0.2, -0.15) is 0 Å². The standard InChI is InChI=1S/C18H14N2O/c21-18(20-16-8-2-1-3-9-16)11-10-17-12-14-6-4-5-7-15(14)13-19-17/h1-13H,(H,20,21)/b11-10+. The van der Waals surface area contributed by atoms with Gasteiger partial charge in [-0.25, -0.2) is 0 Å². The number of para-hydroxylation sites is 1. The minimum Gasteiger partial charge on any atom is -0.323 e. The zero-order valence-electron chi connectivity index (χ0n) is 11.4. The van der Waals surface area contributed by atoms with Crippen molar-refractivity contribution in [3.05, 3.63) is 78.6 Å². The van der Waals surface area contributed by atoms with Crippen LogP contribution in [0.15, 0.2) is 72.9 Å². The molecule has 0 saturated carbocycles. The molecule has 0 aliphatic carbocycles. The number of anilines is 1. The number of carbonyl (C=O) groups excluding carboxylic acids is 1. The van der Waals surface area contributed by atoms with Crippen molar-refractivity contribution in [1.82, 2.24) is 4.98 Å². The number of benzene rings is 2. The van der Waals surface area contributed by atoms with Crippen LogP contribution in [0.4, 0.5) is 5.69 Å². The lowest BCUT2D eigenvalue weighted by Crippen LogP contribution is -2.07. The van der Waals surface area contributed by atoms with Gasteiger partial charge in [-0.15, -0.1) is 0 Å². The average Bonchev–Trinajstić information content (AvgIpc) is 2.54. The van der Waals surface area contributed by atoms with Crippen molar-refractivity contribution in [1.29, 1.82) is 0 Å². The molecule has 21 heavy (non-hydrogen) atoms. The van der Waals surface area contributed by atoms with Crippen LogP contribution in [-0.2, 0) is 4.79 Å². The maximum Gasteiger partial charge on any atom is 0.248 e. The van der Waals surface area contributed by atoms with Crippen molar-refractivity contribution in [2.75, 3.05) is 5.32 Å². The molecule has 0 fully saturated rings. The second-order valence-corrected chi connectivity index (χ2v) is 4.64. The largest absolute Gasteiger partial charge is 0.323 e. The van der Waals surface area contributed by atoms with Crippen LogP contribution in [0.3, 0.4) is 0 Å². The molecule has 0 radical (unpaired) electrons. The maximum atomic E-state index is 11.8. The molecular weight excluding hydrogens is 260 g/mol. The number of hydrogen-bond acceptors (Lipinski definition) is 2. The predicted octanol–water partition coefficient (Wildman–Crippen LogP) is 3.89. The highest BCUT2D eigenvalue weighted by atomic mass is 16.1. The predicted molar refractivity (Wildman–Crippen MR) is 85.8 cm³/mol. The Morgan fingerprint density at radius 2 is 1.67 bits per heavy atom. The lowest BCUT2D eigenvalue weighted by Gasteiger charge is -2.01. The molecular formula is C18H14N2O. The van der Waals surface area contributed by atoms with E-state index >= 15 is 0 Å². The molecule has 3 aromatic rings. The highest BCUT2D eigenvalue weighted by Gasteiger charge is 1.98. The van der Waals surface area contributed by atoms with Gasteiger partial charge in [0.1, 0.15) is 0 Å². The van der Waals surface area contributed by atoms with Crippen LogP contribution in [0.5, 0.6) is 0 Å². The third-order valence-electron chi connectivity index (χ3n) is 3.10. The molecule has 1 amide bonds. The Bertz CT molecular complexity index is 794. The molecule has 3 heteroatoms. The number of pyridine rings is 1. The van der Waals surface area contributed by atoms with Gasteiger partial charge >= 0.3 is 0 Å². The monoisotopic (exact) mass is 274 g/mol. The van der Waals surface area contributed by atoms with Crippen LogP contribution in [0.1, 0.15) is 5.69 Å². The molecule has 0 bridgehead atoms. The molecule has 0 spiro atoms. The molecule has 0 atom stereocenters. The van der Waals surface area contributed by atoms with Gasteiger partial charge in [-0.3, -0.25) is 9.78 Å². The number of fused-ring (bicyclic) bond motifs is 1. The van der Waals surface area contributed by atoms with E-state index < -0.39 is 0 Å². The van der Waals surface area contributed by atoms with Crippen molar-refractivity contribution in [3.63, 3.8) is 0 Å². The Labute approximate surface area is 123 Å². The summed E-state index contributed by atoms with van der Waals surface area (Å²) in [5, 5.41) is 4.99. The van der Waals surface area contributed by atoms with Crippen LogP contribution in [0.25, 0.3) is 16.8 Å². The average molecular weight is 274 g/mol. The number of nitrogens with zero attached hydrogens (tertiary/aromatic N) is 1. The molecule has 102 valence electrons. The zero-order valence-corrected chi connectivity index (χ0v) is 11.4. The Balaban J connectivity index is 1.73. The molecule has 0 aliphatic heterocycles. The van der Waals surface area contributed by atoms with Crippen molar-refractivity contribution < 1.29 is 4.79 Å². The van der Waals surface area contributed by atoms with Crippen LogP contribution in [0.2, 0.25) is 0 Å². The minimum atomic E-state index is -0.170. The summed E-state index contributed by atoms with van der Waals surface area (Å²) < 4.78 is 0. The Hall–Kier alpha value is -2.94. The SMILES string of the molecule is O=C(/C=C/c1cc2ccccc2cn1)Nc1ccccc1. The van der Waals surface area contributed by atoms with Gasteiger partial charge in [0, 0.05) is 23.3 Å². The van der Waals surface area contributed by atoms with Crippen molar-refractivity contribution in [2.24, 2.45) is 0 Å². The van der Waals surface area contributed by atoms with Crippen LogP contribution in [-0.4, -0.2) is 10.9 Å². The number of carbonyl (C=O) groups is 1. The van der Waals surface area contributed by atoms with Crippen molar-refractivity contribution >= 4 is 28.4 Å². The number of rotatable bonds is 3. The Morgan fingerprint density at radius 1 is 0.952 bits per heavy atom. The first-order valence-electron chi connectivity index (χ1n) is 6.70. The van der Waals surface area contributed by atoms with E-state index in [0.717, 1.165) is 22.2 Å². The van der Waals surface area contributed by atoms with E-state index in [1.165, 1.54) is 6.08 Å². The van der Waals surface area contributed by atoms with Crippen molar-refractivity contribution in [3.8, 4) is 0 Å². The highest BCUT2D eigenvalue weighted by molar-refractivity contribution is 6.02. The van der Waals surface area contributed by atoms with E-state index in [1.807, 2.05) is 66.9 Å². The molecule has 0 unspecified atom stereocenters. The van der Waals surface area contributed by atoms with Crippen LogP contribution < -0.4 is 5.32 Å². The first-order valence-corrected chi connectivity index (χ1v) is 6.70. The molecule has 0 saturated heterocycles. The summed E-state index contributed by atoms with van der Waals surface area (Å²) in [6.45, 7) is 0. The van der Waals surface area contributed by atoms with Gasteiger partial charge < -0.3 is 5.32 Å². The van der Waals surface area contributed by atoms with Crippen LogP contribution in [0, 0.1) is 0 Å². The summed E-state index contributed by atoms with van der Waals surface area (Å²) in [6, 6.07) is 19.3. The van der Waals surface area contributed by atoms with E-state index in [1.54, 1.807) is 6.08 Å². The molecule has 2 aromatic carbocycles. The lowest BCUT2D eigenvalue weighted by atomic mass is 10.1. The summed E-state index contributed by atoms with van der Waals surface area (Å²) in [5.41, 5.74) is 1.54. The summed E-state index contributed by atoms with van der Waals surface area (Å²) in [7, 11) is 0. The first kappa shape index (κ1) is 13.1. The maximum absolute atomic E-state index is 11.8. The highest BCUT2D eigenvalue weighted by Crippen LogP contribution is 2.14. The van der Waals surface area contributed by atoms with Gasteiger partial charge in [0.2, 0.25) is 5.91 Å². The molecule has 1 heterocycles. The second kappa shape index (κ2) is 6.01. The Kier molecular flexibility index (Phi) is 3.74. The third-order valence-corrected chi connectivity index (χ3v) is 3.10. The fourth-order valence-electron chi connectivity index (χ4n) is 2.06.